The van der Waals surface area contributed by atoms with Crippen molar-refractivity contribution in [3.05, 3.63) is 0 Å². The van der Waals surface area contributed by atoms with Crippen LogP contribution in [-0.2, 0) is 7.47 Å². The first kappa shape index (κ1) is 12.3. The fourth-order valence-corrected chi connectivity index (χ4v) is 0. The molecule has 0 amide bonds. The third-order valence-corrected chi connectivity index (χ3v) is 0. The molecule has 0 rings (SSSR count). The molecule has 0 saturated carbocycles. The van der Waals surface area contributed by atoms with Gasteiger partial charge in [-0.15, -0.1) is 0 Å². The van der Waals surface area contributed by atoms with E-state index in [1.165, 1.54) is 0 Å². The van der Waals surface area contributed by atoms with Gasteiger partial charge in [-0.05, 0) is 0 Å². The van der Waals surface area contributed by atoms with Gasteiger partial charge in [0.1, 0.15) is 0 Å². The van der Waals surface area contributed by atoms with E-state index in [1.54, 1.807) is 0 Å². The molecule has 0 bridgehead atoms. The van der Waals surface area contributed by atoms with Crippen LogP contribution < -0.4 is 29.6 Å². The molecule has 6 heteroatoms. The standard InChI is InChI=1S/4BrH.Na.Pd.H/h4*1H;;;/q;;;;+1;+4;-1/p-4. The minimum absolute atomic E-state index is 0. The third kappa shape index (κ3) is 25.6. The summed E-state index contributed by atoms with van der Waals surface area (Å²) in [5.41, 5.74) is 0. The van der Waals surface area contributed by atoms with Gasteiger partial charge in [0.15, 0.2) is 0 Å². The smallest absolute Gasteiger partial charge is 1.00 e. The Bertz CT molecular complexity index is 27.2. The van der Waals surface area contributed by atoms with Crippen molar-refractivity contribution in [2.45, 2.75) is 0 Å². The van der Waals surface area contributed by atoms with Gasteiger partial charge >= 0.3 is 90.7 Å². The maximum absolute atomic E-state index is 3.28. The minimum Gasteiger partial charge on any atom is -1.00 e. The van der Waals surface area contributed by atoms with Crippen LogP contribution >= 0.6 is 53.7 Å². The molecule has 40 valence electrons. The van der Waals surface area contributed by atoms with Gasteiger partial charge in [0, 0.05) is 0 Å². The number of hydrogen-bond acceptors (Lipinski definition) is 0. The fourth-order valence-electron chi connectivity index (χ4n) is 0. The van der Waals surface area contributed by atoms with Crippen molar-refractivity contribution in [1.29, 1.82) is 0 Å². The number of halogens is 4. The minimum atomic E-state index is -1.45. The van der Waals surface area contributed by atoms with Gasteiger partial charge in [-0.2, -0.15) is 0 Å². The van der Waals surface area contributed by atoms with E-state index in [9.17, 15) is 0 Å². The van der Waals surface area contributed by atoms with Crippen LogP contribution in [0.25, 0.3) is 0 Å². The second kappa shape index (κ2) is 5.37. The Morgan fingerprint density at radius 3 is 1.00 bits per heavy atom. The summed E-state index contributed by atoms with van der Waals surface area (Å²) in [5.74, 6) is 0. The average molecular weight is 450 g/mol. The Balaban J connectivity index is -0.0000000800. The quantitative estimate of drug-likeness (QED) is 0.472. The number of hydrogen-bond donors (Lipinski definition) is 0. The van der Waals surface area contributed by atoms with Crippen LogP contribution in [-0.4, -0.2) is 0 Å². The summed E-state index contributed by atoms with van der Waals surface area (Å²) >= 11 is 13.1. The average Bonchev–Trinajstić information content (AvgIpc) is 0.722. The van der Waals surface area contributed by atoms with Crippen LogP contribution in [0.4, 0.5) is 0 Å². The summed E-state index contributed by atoms with van der Waals surface area (Å²) < 4.78 is 0. The first-order valence-corrected chi connectivity index (χ1v) is 14.7. The monoisotopic (exact) mass is 446 g/mol. The Kier molecular flexibility index (Phi) is 11.0. The topological polar surface area (TPSA) is 0 Å². The van der Waals surface area contributed by atoms with Crippen molar-refractivity contribution in [2.24, 2.45) is 0 Å². The summed E-state index contributed by atoms with van der Waals surface area (Å²) in [7, 11) is -1.45. The fraction of sp³-hybridized carbons (Fsp3) is 0. The zero-order chi connectivity index (χ0) is 4.50. The first-order valence-electron chi connectivity index (χ1n) is 0.478. The molecule has 0 nitrogen and oxygen atoms in total. The molecule has 0 aromatic carbocycles. The van der Waals surface area contributed by atoms with Gasteiger partial charge in [-0.25, -0.2) is 0 Å². The molecule has 0 aromatic heterocycles. The Hall–Kier alpha value is 3.58. The normalized spacial score (nSPS) is 12.7. The largest absolute Gasteiger partial charge is 1.00 e. The van der Waals surface area contributed by atoms with Gasteiger partial charge in [-0.1, -0.05) is 0 Å². The molecule has 0 saturated heterocycles. The molecular formula is HBr4NaPd. The van der Waals surface area contributed by atoms with E-state index < -0.39 is 7.47 Å². The van der Waals surface area contributed by atoms with Crippen molar-refractivity contribution >= 4 is 53.7 Å². The van der Waals surface area contributed by atoms with Gasteiger partial charge in [0.25, 0.3) is 0 Å². The van der Waals surface area contributed by atoms with Gasteiger partial charge in [0.2, 0.25) is 0 Å². The Morgan fingerprint density at radius 1 is 1.00 bits per heavy atom. The Labute approximate surface area is 89.9 Å². The molecule has 0 spiro atoms. The zero-order valence-electron chi connectivity index (χ0n) is 3.83. The zero-order valence-corrected chi connectivity index (χ0v) is 12.7. The predicted molar refractivity (Wildman–Crippen MR) is 36.8 cm³/mol. The van der Waals surface area contributed by atoms with E-state index in [0.717, 1.165) is 0 Å². The van der Waals surface area contributed by atoms with Crippen molar-refractivity contribution in [3.8, 4) is 0 Å². The van der Waals surface area contributed by atoms with E-state index in [4.69, 9.17) is 0 Å². The second-order valence-electron chi connectivity index (χ2n) is 0.271. The second-order valence-corrected chi connectivity index (χ2v) is 43.3. The van der Waals surface area contributed by atoms with Crippen LogP contribution in [0.15, 0.2) is 0 Å². The first-order chi connectivity index (χ1) is 2.00. The molecule has 0 aromatic rings. The summed E-state index contributed by atoms with van der Waals surface area (Å²) in [6.45, 7) is 0. The van der Waals surface area contributed by atoms with E-state index in [0.29, 0.717) is 0 Å². The molecule has 0 heterocycles. The third-order valence-electron chi connectivity index (χ3n) is 0. The predicted octanol–water partition coefficient (Wildman–Crippen LogP) is 0.496. The summed E-state index contributed by atoms with van der Waals surface area (Å²) in [5, 5.41) is 0. The molecule has 0 aliphatic heterocycles. The summed E-state index contributed by atoms with van der Waals surface area (Å²) in [6.07, 6.45) is 0. The molecule has 0 unspecified atom stereocenters. The van der Waals surface area contributed by atoms with Gasteiger partial charge in [-0.3, -0.25) is 0 Å². The number of rotatable bonds is 0. The SMILES string of the molecule is [Br][Pd]([Br])([Br])[Br].[H-].[Na+]. The molecule has 0 aliphatic rings. The van der Waals surface area contributed by atoms with Crippen LogP contribution in [0.5, 0.6) is 0 Å². The van der Waals surface area contributed by atoms with Crippen LogP contribution in [0.2, 0.25) is 0 Å². The van der Waals surface area contributed by atoms with Crippen molar-refractivity contribution < 1.29 is 38.5 Å². The van der Waals surface area contributed by atoms with Crippen molar-refractivity contribution in [1.82, 2.24) is 0 Å². The van der Waals surface area contributed by atoms with E-state index in [1.807, 2.05) is 0 Å². The maximum atomic E-state index is 3.28. The van der Waals surface area contributed by atoms with Crippen molar-refractivity contribution in [2.75, 3.05) is 0 Å². The molecule has 0 atom stereocenters. The van der Waals surface area contributed by atoms with Crippen LogP contribution in [0, 0.1) is 0 Å². The Morgan fingerprint density at radius 2 is 1.00 bits per heavy atom. The van der Waals surface area contributed by atoms with E-state index >= 15 is 0 Å². The molecule has 0 N–H and O–H groups in total. The van der Waals surface area contributed by atoms with Crippen molar-refractivity contribution in [3.63, 3.8) is 0 Å². The molecule has 0 radical (unpaired) electrons. The summed E-state index contributed by atoms with van der Waals surface area (Å²) in [4.78, 5) is 0. The van der Waals surface area contributed by atoms with Gasteiger partial charge < -0.3 is 1.43 Å². The van der Waals surface area contributed by atoms with Gasteiger partial charge in [0.05, 0.1) is 0 Å². The van der Waals surface area contributed by atoms with Crippen LogP contribution in [0.1, 0.15) is 1.43 Å². The van der Waals surface area contributed by atoms with E-state index in [-0.39, 0.29) is 31.0 Å². The molecule has 6 heavy (non-hydrogen) atoms. The maximum Gasteiger partial charge on any atom is 1.00 e. The summed E-state index contributed by atoms with van der Waals surface area (Å²) in [6, 6.07) is 0. The molecule has 0 fully saturated rings. The van der Waals surface area contributed by atoms with Crippen LogP contribution in [0.3, 0.4) is 0 Å². The van der Waals surface area contributed by atoms with E-state index in [2.05, 4.69) is 53.7 Å². The molecular weight excluding hydrogens is 449 g/mol. The molecule has 0 aliphatic carbocycles.